The smallest absolute Gasteiger partial charge is 0.0666 e. The molecule has 1 rings (SSSR count). The maximum atomic E-state index is 9.07. The second-order valence-corrected chi connectivity index (χ2v) is 5.92. The van der Waals surface area contributed by atoms with Crippen LogP contribution in [0, 0.1) is 5.92 Å². The van der Waals surface area contributed by atoms with Crippen LogP contribution < -0.4 is 5.32 Å². The number of hydrogen-bond donors (Lipinski definition) is 2. The predicted octanol–water partition coefficient (Wildman–Crippen LogP) is 2.72. The highest BCUT2D eigenvalue weighted by molar-refractivity contribution is 4.85. The van der Waals surface area contributed by atoms with Gasteiger partial charge in [0.25, 0.3) is 0 Å². The van der Waals surface area contributed by atoms with Gasteiger partial charge in [0.1, 0.15) is 0 Å². The van der Waals surface area contributed by atoms with Crippen molar-refractivity contribution in [3.05, 3.63) is 0 Å². The number of rotatable bonds is 8. The minimum atomic E-state index is 0.0626. The van der Waals surface area contributed by atoms with E-state index in [4.69, 9.17) is 9.84 Å². The number of ether oxygens (including phenoxy) is 1. The highest BCUT2D eigenvalue weighted by Gasteiger charge is 2.31. The van der Waals surface area contributed by atoms with Crippen molar-refractivity contribution in [2.75, 3.05) is 19.8 Å². The van der Waals surface area contributed by atoms with Gasteiger partial charge in [0.15, 0.2) is 0 Å². The molecule has 0 spiro atoms. The molecule has 1 aliphatic heterocycles. The molecule has 3 nitrogen and oxygen atoms in total. The van der Waals surface area contributed by atoms with Crippen LogP contribution in [-0.2, 0) is 4.74 Å². The Morgan fingerprint density at radius 3 is 2.78 bits per heavy atom. The lowest BCUT2D eigenvalue weighted by atomic mass is 9.89. The Hall–Kier alpha value is -0.120. The van der Waals surface area contributed by atoms with Gasteiger partial charge in [0.05, 0.1) is 5.60 Å². The third kappa shape index (κ3) is 5.25. The Bertz CT molecular complexity index is 217. The van der Waals surface area contributed by atoms with Gasteiger partial charge < -0.3 is 15.2 Å². The molecule has 18 heavy (non-hydrogen) atoms. The molecule has 0 bridgehead atoms. The van der Waals surface area contributed by atoms with Crippen LogP contribution in [-0.4, -0.2) is 36.5 Å². The summed E-state index contributed by atoms with van der Waals surface area (Å²) < 4.78 is 5.87. The second-order valence-electron chi connectivity index (χ2n) is 5.92. The van der Waals surface area contributed by atoms with Gasteiger partial charge in [0.2, 0.25) is 0 Å². The monoisotopic (exact) mass is 257 g/mol. The SMILES string of the molecule is CCCC(CCO)CNC1CCOC(C)(CC)C1. The van der Waals surface area contributed by atoms with Gasteiger partial charge in [-0.05, 0) is 51.5 Å². The fourth-order valence-corrected chi connectivity index (χ4v) is 2.82. The summed E-state index contributed by atoms with van der Waals surface area (Å²) in [6, 6.07) is 0.585. The van der Waals surface area contributed by atoms with E-state index in [-0.39, 0.29) is 5.60 Å². The standard InChI is InChI=1S/C15H31NO2/c1-4-6-13(7-9-17)12-16-14-8-10-18-15(3,5-2)11-14/h13-14,16-17H,4-12H2,1-3H3. The number of aliphatic hydroxyl groups is 1. The van der Waals surface area contributed by atoms with Gasteiger partial charge in [-0.2, -0.15) is 0 Å². The maximum Gasteiger partial charge on any atom is 0.0666 e. The molecule has 0 aromatic carbocycles. The summed E-state index contributed by atoms with van der Waals surface area (Å²) >= 11 is 0. The van der Waals surface area contributed by atoms with Crippen molar-refractivity contribution < 1.29 is 9.84 Å². The van der Waals surface area contributed by atoms with Crippen molar-refractivity contribution in [2.24, 2.45) is 5.92 Å². The number of nitrogens with one attached hydrogen (secondary N) is 1. The Morgan fingerprint density at radius 2 is 2.17 bits per heavy atom. The molecule has 0 aliphatic carbocycles. The van der Waals surface area contributed by atoms with Crippen LogP contribution in [0.5, 0.6) is 0 Å². The Kier molecular flexibility index (Phi) is 7.20. The maximum absolute atomic E-state index is 9.07. The normalized spacial score (nSPS) is 30.3. The molecule has 1 fully saturated rings. The van der Waals surface area contributed by atoms with Gasteiger partial charge in [-0.3, -0.25) is 0 Å². The summed E-state index contributed by atoms with van der Waals surface area (Å²) in [6.45, 7) is 8.87. The lowest BCUT2D eigenvalue weighted by Crippen LogP contribution is -2.46. The first-order chi connectivity index (χ1) is 8.63. The number of aliphatic hydroxyl groups excluding tert-OH is 1. The molecular formula is C15H31NO2. The second kappa shape index (κ2) is 8.13. The van der Waals surface area contributed by atoms with Crippen LogP contribution in [0.25, 0.3) is 0 Å². The fraction of sp³-hybridized carbons (Fsp3) is 1.00. The summed E-state index contributed by atoms with van der Waals surface area (Å²) in [5, 5.41) is 12.8. The largest absolute Gasteiger partial charge is 0.396 e. The summed E-state index contributed by atoms with van der Waals surface area (Å²) in [4.78, 5) is 0. The minimum absolute atomic E-state index is 0.0626. The Morgan fingerprint density at radius 1 is 1.39 bits per heavy atom. The van der Waals surface area contributed by atoms with E-state index in [9.17, 15) is 0 Å². The van der Waals surface area contributed by atoms with Crippen LogP contribution in [0.4, 0.5) is 0 Å². The zero-order valence-electron chi connectivity index (χ0n) is 12.4. The highest BCUT2D eigenvalue weighted by atomic mass is 16.5. The lowest BCUT2D eigenvalue weighted by molar-refractivity contribution is -0.0783. The topological polar surface area (TPSA) is 41.5 Å². The van der Waals surface area contributed by atoms with Crippen molar-refractivity contribution in [3.63, 3.8) is 0 Å². The van der Waals surface area contributed by atoms with E-state index in [1.54, 1.807) is 0 Å². The highest BCUT2D eigenvalue weighted by Crippen LogP contribution is 2.27. The first-order valence-electron chi connectivity index (χ1n) is 7.61. The van der Waals surface area contributed by atoms with Crippen LogP contribution in [0.15, 0.2) is 0 Å². The van der Waals surface area contributed by atoms with Gasteiger partial charge in [-0.1, -0.05) is 20.3 Å². The molecule has 1 saturated heterocycles. The fourth-order valence-electron chi connectivity index (χ4n) is 2.82. The van der Waals surface area contributed by atoms with Crippen LogP contribution in [0.1, 0.15) is 59.3 Å². The van der Waals surface area contributed by atoms with E-state index in [2.05, 4.69) is 26.1 Å². The average Bonchev–Trinajstić information content (AvgIpc) is 2.37. The molecule has 3 heteroatoms. The van der Waals surface area contributed by atoms with Crippen molar-refractivity contribution in [1.29, 1.82) is 0 Å². The Labute approximate surface area is 112 Å². The van der Waals surface area contributed by atoms with Crippen LogP contribution in [0.2, 0.25) is 0 Å². The minimum Gasteiger partial charge on any atom is -0.396 e. The molecular weight excluding hydrogens is 226 g/mol. The quantitative estimate of drug-likeness (QED) is 0.702. The van der Waals surface area contributed by atoms with Crippen molar-refractivity contribution >= 4 is 0 Å². The van der Waals surface area contributed by atoms with E-state index in [0.29, 0.717) is 18.6 Å². The first kappa shape index (κ1) is 15.9. The van der Waals surface area contributed by atoms with Crippen LogP contribution >= 0.6 is 0 Å². The van der Waals surface area contributed by atoms with Gasteiger partial charge in [-0.25, -0.2) is 0 Å². The van der Waals surface area contributed by atoms with Gasteiger partial charge in [-0.15, -0.1) is 0 Å². The predicted molar refractivity (Wildman–Crippen MR) is 75.8 cm³/mol. The molecule has 0 aromatic rings. The summed E-state index contributed by atoms with van der Waals surface area (Å²) in [5.74, 6) is 0.621. The summed E-state index contributed by atoms with van der Waals surface area (Å²) in [7, 11) is 0. The Balaban J connectivity index is 2.32. The van der Waals surface area contributed by atoms with E-state index in [1.165, 1.54) is 12.8 Å². The molecule has 1 heterocycles. The van der Waals surface area contributed by atoms with Gasteiger partial charge >= 0.3 is 0 Å². The molecule has 2 N–H and O–H groups in total. The lowest BCUT2D eigenvalue weighted by Gasteiger charge is -2.38. The molecule has 108 valence electrons. The third-order valence-electron chi connectivity index (χ3n) is 4.27. The molecule has 0 amide bonds. The van der Waals surface area contributed by atoms with Gasteiger partial charge in [0, 0.05) is 19.3 Å². The van der Waals surface area contributed by atoms with Crippen molar-refractivity contribution in [1.82, 2.24) is 5.32 Å². The average molecular weight is 257 g/mol. The third-order valence-corrected chi connectivity index (χ3v) is 4.27. The zero-order chi connectivity index (χ0) is 13.4. The molecule has 0 saturated carbocycles. The van der Waals surface area contributed by atoms with E-state index >= 15 is 0 Å². The zero-order valence-corrected chi connectivity index (χ0v) is 12.4. The van der Waals surface area contributed by atoms with E-state index < -0.39 is 0 Å². The molecule has 0 aromatic heterocycles. The van der Waals surface area contributed by atoms with E-state index in [1.807, 2.05) is 0 Å². The molecule has 3 atom stereocenters. The summed E-state index contributed by atoms with van der Waals surface area (Å²) in [5.41, 5.74) is 0.0626. The van der Waals surface area contributed by atoms with Crippen molar-refractivity contribution in [3.8, 4) is 0 Å². The van der Waals surface area contributed by atoms with Crippen LogP contribution in [0.3, 0.4) is 0 Å². The van der Waals surface area contributed by atoms with E-state index in [0.717, 1.165) is 38.8 Å². The summed E-state index contributed by atoms with van der Waals surface area (Å²) in [6.07, 6.45) is 6.65. The van der Waals surface area contributed by atoms with Crippen molar-refractivity contribution in [2.45, 2.75) is 70.9 Å². The molecule has 3 unspecified atom stereocenters. The molecule has 1 aliphatic rings. The molecule has 0 radical (unpaired) electrons. The first-order valence-corrected chi connectivity index (χ1v) is 7.61. The number of hydrogen-bond acceptors (Lipinski definition) is 3.